The molecule has 1 aliphatic rings. The fraction of sp³-hybridized carbons (Fsp3) is 0.292. The second-order valence-corrected chi connectivity index (χ2v) is 8.54. The number of halogens is 3. The maximum absolute atomic E-state index is 14.1. The Bertz CT molecular complexity index is 1500. The Balaban J connectivity index is 1.57. The quantitative estimate of drug-likeness (QED) is 0.294. The van der Waals surface area contributed by atoms with Crippen LogP contribution in [0.2, 0.25) is 0 Å². The van der Waals surface area contributed by atoms with Gasteiger partial charge in [-0.2, -0.15) is 18.4 Å². The zero-order valence-electron chi connectivity index (χ0n) is 19.2. The molecule has 0 spiro atoms. The standard InChI is InChI=1S/C24H20F3N7O3/c25-24(26,27)22(33-9-8-16(29)12-33)15-5-7-19-31-32-23(34(19)11-15)17-6-4-14-2-1-3-18(21(14)30-17)37-20(10-28)36-13-35/h1-7,11,13,16,20,22H,8-9,12,29H2/t16-,20?,22+/m0/s1. The number of fused-ring (bicyclic) bond motifs is 2. The van der Waals surface area contributed by atoms with Gasteiger partial charge in [-0.15, -0.1) is 10.2 Å². The smallest absolute Gasteiger partial charge is 0.408 e. The molecular weight excluding hydrogens is 491 g/mol. The molecule has 4 heterocycles. The molecular formula is C24H20F3N7O3. The highest BCUT2D eigenvalue weighted by Gasteiger charge is 2.46. The third-order valence-electron chi connectivity index (χ3n) is 6.10. The van der Waals surface area contributed by atoms with Crippen LogP contribution in [0.3, 0.4) is 0 Å². The molecule has 0 aliphatic carbocycles. The van der Waals surface area contributed by atoms with E-state index in [4.69, 9.17) is 15.7 Å². The van der Waals surface area contributed by atoms with Gasteiger partial charge in [0.1, 0.15) is 17.3 Å². The molecule has 190 valence electrons. The number of carbonyl (C=O) groups is 1. The van der Waals surface area contributed by atoms with Crippen molar-refractivity contribution in [1.29, 1.82) is 5.26 Å². The maximum atomic E-state index is 14.1. The van der Waals surface area contributed by atoms with Gasteiger partial charge in [0.05, 0.1) is 0 Å². The number of hydrogen-bond donors (Lipinski definition) is 1. The van der Waals surface area contributed by atoms with E-state index in [-0.39, 0.29) is 42.7 Å². The second-order valence-electron chi connectivity index (χ2n) is 8.54. The predicted octanol–water partition coefficient (Wildman–Crippen LogP) is 2.98. The van der Waals surface area contributed by atoms with E-state index in [9.17, 15) is 18.0 Å². The number of nitriles is 1. The molecule has 1 fully saturated rings. The fourth-order valence-corrected chi connectivity index (χ4v) is 4.49. The van der Waals surface area contributed by atoms with Crippen LogP contribution in [0.15, 0.2) is 48.7 Å². The SMILES string of the molecule is N#CC(OC=O)Oc1cccc2ccc(-c3nnc4ccc([C@@H](N5CC[C@H](N)C5)C(F)(F)F)cn34)nc12. The first kappa shape index (κ1) is 24.4. The van der Waals surface area contributed by atoms with Crippen molar-refractivity contribution < 1.29 is 27.4 Å². The van der Waals surface area contributed by atoms with Gasteiger partial charge in [-0.1, -0.05) is 24.3 Å². The Morgan fingerprint density at radius 2 is 2.03 bits per heavy atom. The highest BCUT2D eigenvalue weighted by molar-refractivity contribution is 5.86. The van der Waals surface area contributed by atoms with E-state index in [2.05, 4.69) is 19.9 Å². The van der Waals surface area contributed by atoms with Crippen LogP contribution >= 0.6 is 0 Å². The molecule has 1 aromatic carbocycles. The Morgan fingerprint density at radius 1 is 1.19 bits per heavy atom. The molecule has 0 amide bonds. The summed E-state index contributed by atoms with van der Waals surface area (Å²) in [5.41, 5.74) is 6.89. The van der Waals surface area contributed by atoms with Gasteiger partial charge >= 0.3 is 12.5 Å². The normalized spacial score (nSPS) is 18.0. The Hall–Kier alpha value is -4.28. The molecule has 2 N–H and O–H groups in total. The lowest BCUT2D eigenvalue weighted by Gasteiger charge is -2.30. The lowest BCUT2D eigenvalue weighted by Crippen LogP contribution is -2.38. The zero-order chi connectivity index (χ0) is 26.2. The number of benzene rings is 1. The molecule has 4 aromatic rings. The van der Waals surface area contributed by atoms with Crippen LogP contribution in [0.4, 0.5) is 13.2 Å². The minimum absolute atomic E-state index is 0.0304. The topological polar surface area (TPSA) is 132 Å². The Morgan fingerprint density at radius 3 is 2.73 bits per heavy atom. The molecule has 1 unspecified atom stereocenters. The Labute approximate surface area is 208 Å². The van der Waals surface area contributed by atoms with E-state index in [0.29, 0.717) is 28.7 Å². The van der Waals surface area contributed by atoms with Crippen molar-refractivity contribution in [3.8, 4) is 23.3 Å². The summed E-state index contributed by atoms with van der Waals surface area (Å²) < 4.78 is 53.9. The van der Waals surface area contributed by atoms with Crippen molar-refractivity contribution in [2.45, 2.75) is 31.0 Å². The highest BCUT2D eigenvalue weighted by atomic mass is 19.4. The van der Waals surface area contributed by atoms with Crippen LogP contribution in [0, 0.1) is 11.3 Å². The van der Waals surface area contributed by atoms with Crippen LogP contribution in [0.1, 0.15) is 18.0 Å². The second kappa shape index (κ2) is 9.64. The van der Waals surface area contributed by atoms with Gasteiger partial charge in [-0.3, -0.25) is 14.1 Å². The van der Waals surface area contributed by atoms with E-state index in [1.165, 1.54) is 27.6 Å². The number of likely N-dealkylation sites (tertiary alicyclic amines) is 1. The van der Waals surface area contributed by atoms with Crippen LogP contribution in [0.25, 0.3) is 28.1 Å². The largest absolute Gasteiger partial charge is 0.440 e. The lowest BCUT2D eigenvalue weighted by molar-refractivity contribution is -0.183. The first-order chi connectivity index (χ1) is 17.8. The van der Waals surface area contributed by atoms with Gasteiger partial charge in [0.15, 0.2) is 23.3 Å². The summed E-state index contributed by atoms with van der Waals surface area (Å²) in [5, 5.41) is 18.0. The summed E-state index contributed by atoms with van der Waals surface area (Å²) >= 11 is 0. The van der Waals surface area contributed by atoms with Gasteiger partial charge in [0.2, 0.25) is 0 Å². The number of aromatic nitrogens is 4. The van der Waals surface area contributed by atoms with E-state index in [1.807, 2.05) is 0 Å². The van der Waals surface area contributed by atoms with Gasteiger partial charge in [-0.25, -0.2) is 4.98 Å². The number of carbonyl (C=O) groups excluding carboxylic acids is 1. The first-order valence-corrected chi connectivity index (χ1v) is 11.2. The molecule has 3 atom stereocenters. The van der Waals surface area contributed by atoms with Crippen molar-refractivity contribution in [3.63, 3.8) is 0 Å². The minimum atomic E-state index is -4.51. The van der Waals surface area contributed by atoms with Crippen molar-refractivity contribution in [1.82, 2.24) is 24.5 Å². The van der Waals surface area contributed by atoms with E-state index in [0.717, 1.165) is 0 Å². The summed E-state index contributed by atoms with van der Waals surface area (Å²) in [6.45, 7) is 0.483. The monoisotopic (exact) mass is 511 g/mol. The van der Waals surface area contributed by atoms with Gasteiger partial charge in [0, 0.05) is 30.7 Å². The van der Waals surface area contributed by atoms with Crippen molar-refractivity contribution in [2.24, 2.45) is 5.73 Å². The van der Waals surface area contributed by atoms with Crippen LogP contribution < -0.4 is 10.5 Å². The van der Waals surface area contributed by atoms with E-state index < -0.39 is 18.5 Å². The summed E-state index contributed by atoms with van der Waals surface area (Å²) in [6.07, 6.45) is -4.14. The molecule has 1 saturated heterocycles. The zero-order valence-corrected chi connectivity index (χ0v) is 19.2. The number of para-hydroxylation sites is 1. The average Bonchev–Trinajstić information content (AvgIpc) is 3.48. The fourth-order valence-electron chi connectivity index (χ4n) is 4.49. The number of rotatable bonds is 7. The molecule has 0 bridgehead atoms. The maximum Gasteiger partial charge on any atom is 0.408 e. The summed E-state index contributed by atoms with van der Waals surface area (Å²) in [4.78, 5) is 16.5. The third kappa shape index (κ3) is 4.76. The number of nitrogens with two attached hydrogens (primary N) is 1. The van der Waals surface area contributed by atoms with Gasteiger partial charge < -0.3 is 15.2 Å². The average molecular weight is 511 g/mol. The van der Waals surface area contributed by atoms with Crippen LogP contribution in [-0.2, 0) is 9.53 Å². The van der Waals surface area contributed by atoms with Crippen LogP contribution in [-0.4, -0.2) is 62.6 Å². The number of ether oxygens (including phenoxy) is 2. The van der Waals surface area contributed by atoms with E-state index >= 15 is 0 Å². The number of alkyl halides is 3. The molecule has 1 aliphatic heterocycles. The Kier molecular flexibility index (Phi) is 6.36. The molecule has 37 heavy (non-hydrogen) atoms. The summed E-state index contributed by atoms with van der Waals surface area (Å²) in [7, 11) is 0. The van der Waals surface area contributed by atoms with Crippen LogP contribution in [0.5, 0.6) is 5.75 Å². The molecule has 10 nitrogen and oxygen atoms in total. The molecule has 0 radical (unpaired) electrons. The molecule has 3 aromatic heterocycles. The van der Waals surface area contributed by atoms with Crippen molar-refractivity contribution >= 4 is 23.0 Å². The van der Waals surface area contributed by atoms with Gasteiger partial charge in [0.25, 0.3) is 6.47 Å². The minimum Gasteiger partial charge on any atom is -0.440 e. The lowest BCUT2D eigenvalue weighted by atomic mass is 10.1. The third-order valence-corrected chi connectivity index (χ3v) is 6.10. The summed E-state index contributed by atoms with van der Waals surface area (Å²) in [6, 6.07) is 10.8. The molecule has 13 heteroatoms. The molecule has 0 saturated carbocycles. The van der Waals surface area contributed by atoms with Crippen molar-refractivity contribution in [2.75, 3.05) is 13.1 Å². The molecule has 5 rings (SSSR count). The number of nitrogens with zero attached hydrogens (tertiary/aromatic N) is 6. The summed E-state index contributed by atoms with van der Waals surface area (Å²) in [5.74, 6) is 0.387. The first-order valence-electron chi connectivity index (χ1n) is 11.2. The van der Waals surface area contributed by atoms with E-state index in [1.54, 1.807) is 36.4 Å². The number of hydrogen-bond acceptors (Lipinski definition) is 9. The highest BCUT2D eigenvalue weighted by Crippen LogP contribution is 2.39. The number of pyridine rings is 2. The van der Waals surface area contributed by atoms with Gasteiger partial charge in [-0.05, 0) is 30.2 Å². The van der Waals surface area contributed by atoms with Crippen molar-refractivity contribution in [3.05, 3.63) is 54.2 Å². The predicted molar refractivity (Wildman–Crippen MR) is 124 cm³/mol.